The Hall–Kier alpha value is -0.870. The van der Waals surface area contributed by atoms with Crippen molar-refractivity contribution < 1.29 is 9.90 Å². The Bertz CT molecular complexity index is 470. The highest BCUT2D eigenvalue weighted by Gasteiger charge is 2.51. The molecule has 98 valence electrons. The molecule has 0 saturated carbocycles. The standard InChI is InChI=1S/C14H19NO2S/c1-8-3-6-13(18-8)9(2)15-10-4-5-12(15)11(7-10)14(16)17/h3,6,9-12H,4-5,7H2,1-2H3,(H,16,17). The quantitative estimate of drug-likeness (QED) is 0.913. The summed E-state index contributed by atoms with van der Waals surface area (Å²) >= 11 is 1.84. The molecule has 0 aliphatic carbocycles. The van der Waals surface area contributed by atoms with Gasteiger partial charge in [0.05, 0.1) is 5.92 Å². The monoisotopic (exact) mass is 265 g/mol. The third-order valence-corrected chi connectivity index (χ3v) is 5.70. The molecule has 4 unspecified atom stereocenters. The van der Waals surface area contributed by atoms with Crippen LogP contribution in [0.25, 0.3) is 0 Å². The largest absolute Gasteiger partial charge is 0.481 e. The highest BCUT2D eigenvalue weighted by atomic mass is 32.1. The van der Waals surface area contributed by atoms with Crippen LogP contribution in [0, 0.1) is 12.8 Å². The summed E-state index contributed by atoms with van der Waals surface area (Å²) in [5.74, 6) is -0.756. The number of carboxylic acids is 1. The number of carboxylic acid groups (broad SMARTS) is 1. The Kier molecular flexibility index (Phi) is 2.94. The van der Waals surface area contributed by atoms with Gasteiger partial charge in [0.2, 0.25) is 0 Å². The van der Waals surface area contributed by atoms with E-state index in [1.807, 2.05) is 11.3 Å². The molecule has 2 saturated heterocycles. The molecule has 1 N–H and O–H groups in total. The second-order valence-corrected chi connectivity index (χ2v) is 6.87. The van der Waals surface area contributed by atoms with Crippen LogP contribution in [-0.2, 0) is 4.79 Å². The molecule has 4 atom stereocenters. The van der Waals surface area contributed by atoms with Gasteiger partial charge in [0, 0.05) is 27.9 Å². The maximum Gasteiger partial charge on any atom is 0.308 e. The van der Waals surface area contributed by atoms with Crippen molar-refractivity contribution in [2.75, 3.05) is 0 Å². The first-order valence-electron chi connectivity index (χ1n) is 6.64. The predicted molar refractivity (Wildman–Crippen MR) is 71.9 cm³/mol. The fraction of sp³-hybridized carbons (Fsp3) is 0.643. The van der Waals surface area contributed by atoms with E-state index in [0.717, 1.165) is 12.8 Å². The van der Waals surface area contributed by atoms with Crippen molar-refractivity contribution in [2.45, 2.75) is 51.2 Å². The lowest BCUT2D eigenvalue weighted by molar-refractivity contribution is -0.142. The van der Waals surface area contributed by atoms with Crippen LogP contribution in [0.2, 0.25) is 0 Å². The summed E-state index contributed by atoms with van der Waals surface area (Å²) in [7, 11) is 0. The molecule has 1 aromatic heterocycles. The van der Waals surface area contributed by atoms with Gasteiger partial charge in [0.1, 0.15) is 0 Å². The number of rotatable bonds is 3. The van der Waals surface area contributed by atoms with Crippen LogP contribution in [0.15, 0.2) is 12.1 Å². The highest BCUT2D eigenvalue weighted by Crippen LogP contribution is 2.47. The first-order valence-corrected chi connectivity index (χ1v) is 7.46. The van der Waals surface area contributed by atoms with Crippen molar-refractivity contribution >= 4 is 17.3 Å². The smallest absolute Gasteiger partial charge is 0.308 e. The van der Waals surface area contributed by atoms with Gasteiger partial charge in [-0.05, 0) is 45.2 Å². The molecule has 2 fully saturated rings. The van der Waals surface area contributed by atoms with Crippen LogP contribution in [0.4, 0.5) is 0 Å². The number of nitrogens with zero attached hydrogens (tertiary/aromatic N) is 1. The van der Waals surface area contributed by atoms with Gasteiger partial charge >= 0.3 is 5.97 Å². The fourth-order valence-electron chi connectivity index (χ4n) is 3.72. The summed E-state index contributed by atoms with van der Waals surface area (Å²) < 4.78 is 0. The number of hydrogen-bond donors (Lipinski definition) is 1. The Morgan fingerprint density at radius 3 is 2.83 bits per heavy atom. The van der Waals surface area contributed by atoms with Gasteiger partial charge in [-0.3, -0.25) is 9.69 Å². The SMILES string of the molecule is Cc1ccc(C(C)N2C3CCC2C(C(=O)O)C3)s1. The minimum Gasteiger partial charge on any atom is -0.481 e. The molecule has 4 heteroatoms. The van der Waals surface area contributed by atoms with E-state index in [0.29, 0.717) is 12.1 Å². The lowest BCUT2D eigenvalue weighted by atomic mass is 9.89. The van der Waals surface area contributed by atoms with E-state index in [9.17, 15) is 9.90 Å². The zero-order chi connectivity index (χ0) is 12.9. The number of carbonyl (C=O) groups is 1. The maximum absolute atomic E-state index is 11.3. The first-order chi connectivity index (χ1) is 8.58. The van der Waals surface area contributed by atoms with E-state index < -0.39 is 5.97 Å². The Balaban J connectivity index is 1.83. The van der Waals surface area contributed by atoms with Crippen LogP contribution < -0.4 is 0 Å². The van der Waals surface area contributed by atoms with E-state index >= 15 is 0 Å². The molecule has 2 bridgehead atoms. The van der Waals surface area contributed by atoms with Crippen LogP contribution in [0.5, 0.6) is 0 Å². The molecule has 0 spiro atoms. The van der Waals surface area contributed by atoms with Gasteiger partial charge in [0.15, 0.2) is 0 Å². The molecule has 3 heterocycles. The summed E-state index contributed by atoms with van der Waals surface area (Å²) in [6.45, 7) is 4.35. The van der Waals surface area contributed by atoms with Crippen molar-refractivity contribution in [3.63, 3.8) is 0 Å². The van der Waals surface area contributed by atoms with Gasteiger partial charge in [-0.15, -0.1) is 11.3 Å². The first kappa shape index (κ1) is 12.2. The Morgan fingerprint density at radius 1 is 1.50 bits per heavy atom. The second kappa shape index (κ2) is 4.35. The van der Waals surface area contributed by atoms with Crippen molar-refractivity contribution in [2.24, 2.45) is 5.92 Å². The summed E-state index contributed by atoms with van der Waals surface area (Å²) in [5, 5.41) is 9.29. The van der Waals surface area contributed by atoms with Crippen LogP contribution >= 0.6 is 11.3 Å². The second-order valence-electron chi connectivity index (χ2n) is 5.55. The maximum atomic E-state index is 11.3. The highest BCUT2D eigenvalue weighted by molar-refractivity contribution is 7.12. The third-order valence-electron chi connectivity index (χ3n) is 4.53. The summed E-state index contributed by atoms with van der Waals surface area (Å²) in [4.78, 5) is 16.4. The number of hydrogen-bond acceptors (Lipinski definition) is 3. The zero-order valence-electron chi connectivity index (χ0n) is 10.8. The van der Waals surface area contributed by atoms with Crippen LogP contribution in [0.3, 0.4) is 0 Å². The zero-order valence-corrected chi connectivity index (χ0v) is 11.6. The minimum absolute atomic E-state index is 0.146. The van der Waals surface area contributed by atoms with E-state index in [2.05, 4.69) is 30.9 Å². The third kappa shape index (κ3) is 1.79. The molecule has 0 radical (unpaired) electrons. The molecule has 2 aliphatic heterocycles. The molecule has 0 amide bonds. The molecule has 1 aromatic rings. The van der Waals surface area contributed by atoms with Crippen molar-refractivity contribution in [1.82, 2.24) is 4.90 Å². The van der Waals surface area contributed by atoms with E-state index in [1.54, 1.807) is 0 Å². The molecule has 3 nitrogen and oxygen atoms in total. The van der Waals surface area contributed by atoms with Crippen molar-refractivity contribution in [3.8, 4) is 0 Å². The summed E-state index contributed by atoms with van der Waals surface area (Å²) in [6.07, 6.45) is 3.06. The van der Waals surface area contributed by atoms with Crippen LogP contribution in [-0.4, -0.2) is 28.1 Å². The van der Waals surface area contributed by atoms with Gasteiger partial charge in [-0.2, -0.15) is 0 Å². The molecular weight excluding hydrogens is 246 g/mol. The normalized spacial score (nSPS) is 32.9. The van der Waals surface area contributed by atoms with Gasteiger partial charge in [-0.1, -0.05) is 0 Å². The summed E-state index contributed by atoms with van der Waals surface area (Å²) in [6, 6.07) is 5.45. The van der Waals surface area contributed by atoms with E-state index in [-0.39, 0.29) is 12.0 Å². The topological polar surface area (TPSA) is 40.5 Å². The van der Waals surface area contributed by atoms with E-state index in [4.69, 9.17) is 0 Å². The van der Waals surface area contributed by atoms with Crippen molar-refractivity contribution in [3.05, 3.63) is 21.9 Å². The lowest BCUT2D eigenvalue weighted by Crippen LogP contribution is -2.34. The molecule has 0 aromatic carbocycles. The molecule has 2 aliphatic rings. The predicted octanol–water partition coefficient (Wildman–Crippen LogP) is 3.06. The average Bonchev–Trinajstić information content (AvgIpc) is 3.01. The molecule has 18 heavy (non-hydrogen) atoms. The average molecular weight is 265 g/mol. The van der Waals surface area contributed by atoms with E-state index in [1.165, 1.54) is 16.2 Å². The van der Waals surface area contributed by atoms with Crippen molar-refractivity contribution in [1.29, 1.82) is 0 Å². The Labute approximate surface area is 111 Å². The van der Waals surface area contributed by atoms with Crippen LogP contribution in [0.1, 0.15) is 42.0 Å². The molecule has 3 rings (SSSR count). The van der Waals surface area contributed by atoms with Gasteiger partial charge < -0.3 is 5.11 Å². The lowest BCUT2D eigenvalue weighted by Gasteiger charge is -2.29. The number of aryl methyl sites for hydroxylation is 1. The van der Waals surface area contributed by atoms with Gasteiger partial charge in [-0.25, -0.2) is 0 Å². The number of aliphatic carboxylic acids is 1. The summed E-state index contributed by atoms with van der Waals surface area (Å²) in [5.41, 5.74) is 0. The minimum atomic E-state index is -0.609. The Morgan fingerprint density at radius 2 is 2.28 bits per heavy atom. The number of fused-ring (bicyclic) bond motifs is 2. The number of thiophene rings is 1. The molecular formula is C14H19NO2S. The fourth-order valence-corrected chi connectivity index (χ4v) is 4.66. The van der Waals surface area contributed by atoms with Gasteiger partial charge in [0.25, 0.3) is 0 Å².